The summed E-state index contributed by atoms with van der Waals surface area (Å²) in [7, 11) is 0. The Kier molecular flexibility index (Phi) is 5.77. The van der Waals surface area contributed by atoms with E-state index in [0.717, 1.165) is 0 Å². The van der Waals surface area contributed by atoms with Crippen molar-refractivity contribution in [1.82, 2.24) is 4.90 Å². The maximum absolute atomic E-state index is 12.5. The van der Waals surface area contributed by atoms with Crippen LogP contribution in [0, 0.1) is 5.92 Å². The largest absolute Gasteiger partial charge is 0.490 e. The van der Waals surface area contributed by atoms with Gasteiger partial charge in [-0.3, -0.25) is 9.59 Å². The maximum atomic E-state index is 12.5. The number of carboxylic acid groups (broad SMARTS) is 1. The Morgan fingerprint density at radius 2 is 2.09 bits per heavy atom. The molecule has 1 saturated heterocycles. The zero-order chi connectivity index (χ0) is 15.9. The van der Waals surface area contributed by atoms with Gasteiger partial charge in [0.15, 0.2) is 0 Å². The number of aliphatic carboxylic acids is 1. The van der Waals surface area contributed by atoms with Gasteiger partial charge in [0.2, 0.25) is 0 Å². The number of hydrogen-bond acceptors (Lipinski definition) is 4. The molecule has 1 aliphatic heterocycles. The minimum atomic E-state index is -0.850. The van der Waals surface area contributed by atoms with Gasteiger partial charge in [0.25, 0.3) is 5.91 Å². The smallest absolute Gasteiger partial charge is 0.308 e. The number of carbonyl (C=O) groups is 2. The first-order valence-corrected chi connectivity index (χ1v) is 7.45. The number of para-hydroxylation sites is 1. The van der Waals surface area contributed by atoms with Crippen LogP contribution in [0.3, 0.4) is 0 Å². The maximum Gasteiger partial charge on any atom is 0.308 e. The van der Waals surface area contributed by atoms with E-state index in [1.165, 1.54) is 0 Å². The summed E-state index contributed by atoms with van der Waals surface area (Å²) in [5, 5.41) is 9.03. The molecule has 0 aliphatic carbocycles. The molecule has 2 rings (SSSR count). The van der Waals surface area contributed by atoms with Gasteiger partial charge in [0.1, 0.15) is 12.4 Å². The van der Waals surface area contributed by atoms with E-state index >= 15 is 0 Å². The summed E-state index contributed by atoms with van der Waals surface area (Å²) in [5.41, 5.74) is 0.463. The first-order valence-electron chi connectivity index (χ1n) is 7.45. The average molecular weight is 307 g/mol. The van der Waals surface area contributed by atoms with Gasteiger partial charge in [-0.05, 0) is 25.5 Å². The Balaban J connectivity index is 2.02. The lowest BCUT2D eigenvalue weighted by Gasteiger charge is -2.18. The minimum Gasteiger partial charge on any atom is -0.490 e. The molecule has 1 N–H and O–H groups in total. The van der Waals surface area contributed by atoms with Gasteiger partial charge in [0, 0.05) is 19.7 Å². The van der Waals surface area contributed by atoms with Crippen LogP contribution in [0.4, 0.5) is 0 Å². The minimum absolute atomic E-state index is 0.184. The molecule has 1 heterocycles. The Bertz CT molecular complexity index is 531. The Morgan fingerprint density at radius 1 is 1.32 bits per heavy atom. The fourth-order valence-corrected chi connectivity index (χ4v) is 2.44. The first-order chi connectivity index (χ1) is 10.6. The van der Waals surface area contributed by atoms with Crippen LogP contribution >= 0.6 is 0 Å². The molecule has 6 nitrogen and oxygen atoms in total. The molecule has 1 aromatic rings. The Hall–Kier alpha value is -2.08. The van der Waals surface area contributed by atoms with Crippen LogP contribution in [0.2, 0.25) is 0 Å². The number of hydrogen-bond donors (Lipinski definition) is 1. The van der Waals surface area contributed by atoms with Crippen LogP contribution in [-0.4, -0.2) is 54.8 Å². The SMILES string of the molecule is CCOCCOc1ccccc1C(=O)N1CCC(C(=O)O)C1. The highest BCUT2D eigenvalue weighted by atomic mass is 16.5. The summed E-state index contributed by atoms with van der Waals surface area (Å²) in [4.78, 5) is 25.1. The van der Waals surface area contributed by atoms with E-state index in [1.807, 2.05) is 6.92 Å². The lowest BCUT2D eigenvalue weighted by Crippen LogP contribution is -2.30. The zero-order valence-corrected chi connectivity index (χ0v) is 12.7. The van der Waals surface area contributed by atoms with E-state index in [0.29, 0.717) is 44.1 Å². The summed E-state index contributed by atoms with van der Waals surface area (Å²) >= 11 is 0. The number of carboxylic acids is 1. The molecule has 1 fully saturated rings. The van der Waals surface area contributed by atoms with Gasteiger partial charge in [-0.1, -0.05) is 12.1 Å². The van der Waals surface area contributed by atoms with Crippen LogP contribution in [0.1, 0.15) is 23.7 Å². The average Bonchev–Trinajstić information content (AvgIpc) is 3.01. The number of rotatable bonds is 7. The zero-order valence-electron chi connectivity index (χ0n) is 12.7. The molecule has 6 heteroatoms. The molecule has 1 amide bonds. The molecule has 1 unspecified atom stereocenters. The van der Waals surface area contributed by atoms with Gasteiger partial charge < -0.3 is 19.5 Å². The van der Waals surface area contributed by atoms with Crippen molar-refractivity contribution in [1.29, 1.82) is 0 Å². The third kappa shape index (κ3) is 3.98. The fraction of sp³-hybridized carbons (Fsp3) is 0.500. The van der Waals surface area contributed by atoms with E-state index < -0.39 is 11.9 Å². The summed E-state index contributed by atoms with van der Waals surface area (Å²) in [6.45, 7) is 4.07. The van der Waals surface area contributed by atoms with Crippen molar-refractivity contribution in [2.75, 3.05) is 32.9 Å². The van der Waals surface area contributed by atoms with Crippen LogP contribution in [0.15, 0.2) is 24.3 Å². The summed E-state index contributed by atoms with van der Waals surface area (Å²) < 4.78 is 10.8. The van der Waals surface area contributed by atoms with Crippen molar-refractivity contribution in [3.05, 3.63) is 29.8 Å². The highest BCUT2D eigenvalue weighted by Crippen LogP contribution is 2.24. The lowest BCUT2D eigenvalue weighted by atomic mass is 10.1. The van der Waals surface area contributed by atoms with Crippen LogP contribution in [0.25, 0.3) is 0 Å². The summed E-state index contributed by atoms with van der Waals surface area (Å²) in [5.74, 6) is -1.01. The summed E-state index contributed by atoms with van der Waals surface area (Å²) in [6, 6.07) is 7.01. The molecule has 0 saturated carbocycles. The number of benzene rings is 1. The van der Waals surface area contributed by atoms with Crippen molar-refractivity contribution in [2.45, 2.75) is 13.3 Å². The number of nitrogens with zero attached hydrogens (tertiary/aromatic N) is 1. The molecule has 0 aromatic heterocycles. The molecular formula is C16H21NO5. The third-order valence-corrected chi connectivity index (χ3v) is 3.63. The number of likely N-dealkylation sites (tertiary alicyclic amines) is 1. The number of carbonyl (C=O) groups excluding carboxylic acids is 1. The van der Waals surface area contributed by atoms with E-state index in [1.54, 1.807) is 29.2 Å². The quantitative estimate of drug-likeness (QED) is 0.775. The van der Waals surface area contributed by atoms with Crippen LogP contribution in [-0.2, 0) is 9.53 Å². The Morgan fingerprint density at radius 3 is 2.77 bits per heavy atom. The van der Waals surface area contributed by atoms with E-state index in [4.69, 9.17) is 14.6 Å². The lowest BCUT2D eigenvalue weighted by molar-refractivity contribution is -0.141. The van der Waals surface area contributed by atoms with Gasteiger partial charge in [0.05, 0.1) is 18.1 Å². The first kappa shape index (κ1) is 16.3. The number of amides is 1. The van der Waals surface area contributed by atoms with Gasteiger partial charge in [-0.2, -0.15) is 0 Å². The van der Waals surface area contributed by atoms with Gasteiger partial charge in [-0.15, -0.1) is 0 Å². The van der Waals surface area contributed by atoms with Crippen LogP contribution < -0.4 is 4.74 Å². The van der Waals surface area contributed by atoms with E-state index in [9.17, 15) is 9.59 Å². The van der Waals surface area contributed by atoms with Gasteiger partial charge >= 0.3 is 5.97 Å². The van der Waals surface area contributed by atoms with E-state index in [-0.39, 0.29) is 12.5 Å². The highest BCUT2D eigenvalue weighted by Gasteiger charge is 2.32. The molecule has 120 valence electrons. The molecule has 1 aliphatic rings. The van der Waals surface area contributed by atoms with Crippen molar-refractivity contribution in [2.24, 2.45) is 5.92 Å². The second kappa shape index (κ2) is 7.79. The summed E-state index contributed by atoms with van der Waals surface area (Å²) in [6.07, 6.45) is 0.494. The fourth-order valence-electron chi connectivity index (χ4n) is 2.44. The topological polar surface area (TPSA) is 76.1 Å². The van der Waals surface area contributed by atoms with Crippen molar-refractivity contribution < 1.29 is 24.2 Å². The van der Waals surface area contributed by atoms with Gasteiger partial charge in [-0.25, -0.2) is 0 Å². The predicted octanol–water partition coefficient (Wildman–Crippen LogP) is 1.65. The van der Waals surface area contributed by atoms with Crippen molar-refractivity contribution in [3.8, 4) is 5.75 Å². The van der Waals surface area contributed by atoms with Crippen molar-refractivity contribution in [3.63, 3.8) is 0 Å². The highest BCUT2D eigenvalue weighted by molar-refractivity contribution is 5.97. The van der Waals surface area contributed by atoms with Crippen LogP contribution in [0.5, 0.6) is 5.75 Å². The second-order valence-electron chi connectivity index (χ2n) is 5.12. The second-order valence-corrected chi connectivity index (χ2v) is 5.12. The molecule has 1 atom stereocenters. The predicted molar refractivity (Wildman–Crippen MR) is 80.1 cm³/mol. The third-order valence-electron chi connectivity index (χ3n) is 3.63. The van der Waals surface area contributed by atoms with Crippen molar-refractivity contribution >= 4 is 11.9 Å². The normalized spacial score (nSPS) is 17.5. The standard InChI is InChI=1S/C16H21NO5/c1-2-21-9-10-22-14-6-4-3-5-13(14)15(18)17-8-7-12(11-17)16(19)20/h3-6,12H,2,7-11H2,1H3,(H,19,20). The monoisotopic (exact) mass is 307 g/mol. The Labute approximate surface area is 129 Å². The number of ether oxygens (including phenoxy) is 2. The van der Waals surface area contributed by atoms with E-state index in [2.05, 4.69) is 0 Å². The molecule has 22 heavy (non-hydrogen) atoms. The molecular weight excluding hydrogens is 286 g/mol. The molecule has 0 radical (unpaired) electrons. The molecule has 1 aromatic carbocycles. The molecule has 0 bridgehead atoms. The molecule has 0 spiro atoms.